The smallest absolute Gasteiger partial charge is 0.526 e. The van der Waals surface area contributed by atoms with Crippen molar-refractivity contribution < 1.29 is 32.8 Å². The van der Waals surface area contributed by atoms with Gasteiger partial charge >= 0.3 is 13.1 Å². The number of carbonyl (C=O) groups is 2. The number of hydrogen-bond donors (Lipinski definition) is 1. The van der Waals surface area contributed by atoms with E-state index in [4.69, 9.17) is 9.39 Å². The maximum atomic E-state index is 13.0. The van der Waals surface area contributed by atoms with Gasteiger partial charge in [-0.25, -0.2) is 13.6 Å². The molecule has 1 aromatic rings. The number of Topliss-reactive ketones (excluding diaryl/α,β-unsaturated/α-hetero) is 1. The number of fused-ring (bicyclic) bond motifs is 1. The van der Waals surface area contributed by atoms with Crippen LogP contribution in [0.4, 0.5) is 8.78 Å². The van der Waals surface area contributed by atoms with Crippen LogP contribution in [-0.2, 0) is 16.0 Å². The summed E-state index contributed by atoms with van der Waals surface area (Å²) >= 11 is 0. The predicted molar refractivity (Wildman–Crippen MR) is 102 cm³/mol. The Bertz CT molecular complexity index is 702. The van der Waals surface area contributed by atoms with E-state index in [-0.39, 0.29) is 24.2 Å². The molecule has 1 aromatic carbocycles. The van der Waals surface area contributed by atoms with Crippen LogP contribution in [0.15, 0.2) is 18.2 Å². The van der Waals surface area contributed by atoms with Crippen molar-refractivity contribution in [2.45, 2.75) is 64.6 Å². The van der Waals surface area contributed by atoms with Gasteiger partial charge in [-0.3, -0.25) is 4.79 Å². The van der Waals surface area contributed by atoms with Crippen LogP contribution >= 0.6 is 0 Å². The van der Waals surface area contributed by atoms with Gasteiger partial charge in [0.15, 0.2) is 0 Å². The number of ether oxygens (including phenoxy) is 1. The number of esters is 1. The highest BCUT2D eigenvalue weighted by molar-refractivity contribution is 6.47. The lowest BCUT2D eigenvalue weighted by molar-refractivity contribution is -0.125. The molecule has 1 aliphatic rings. The molecule has 1 heterocycles. The fourth-order valence-electron chi connectivity index (χ4n) is 3.26. The topological polar surface area (TPSA) is 72.8 Å². The Morgan fingerprint density at radius 2 is 2.11 bits per heavy atom. The highest BCUT2D eigenvalue weighted by Crippen LogP contribution is 2.37. The second-order valence-electron chi connectivity index (χ2n) is 7.93. The quantitative estimate of drug-likeness (QED) is 0.387. The van der Waals surface area contributed by atoms with Gasteiger partial charge in [0.25, 0.3) is 5.92 Å². The number of benzene rings is 1. The van der Waals surface area contributed by atoms with Crippen molar-refractivity contribution in [3.8, 4) is 5.75 Å². The average Bonchev–Trinajstić information content (AvgIpc) is 2.57. The van der Waals surface area contributed by atoms with Crippen LogP contribution in [0.3, 0.4) is 0 Å². The molecule has 8 heteroatoms. The first-order valence-electron chi connectivity index (χ1n) is 9.60. The van der Waals surface area contributed by atoms with Gasteiger partial charge in [-0.05, 0) is 43.7 Å². The van der Waals surface area contributed by atoms with Crippen LogP contribution in [0.5, 0.6) is 5.75 Å². The van der Waals surface area contributed by atoms with E-state index < -0.39 is 37.0 Å². The number of rotatable bonds is 9. The number of para-hydroxylation sites is 1. The van der Waals surface area contributed by atoms with Gasteiger partial charge in [0, 0.05) is 12.2 Å². The zero-order valence-corrected chi connectivity index (χ0v) is 16.5. The highest BCUT2D eigenvalue weighted by atomic mass is 19.3. The molecule has 0 unspecified atom stereocenters. The lowest BCUT2D eigenvalue weighted by atomic mass is 9.64. The maximum absolute atomic E-state index is 13.0. The third kappa shape index (κ3) is 6.58. The number of ketones is 1. The van der Waals surface area contributed by atoms with E-state index in [1.54, 1.807) is 18.2 Å². The number of alkyl halides is 2. The number of carbonyl (C=O) groups excluding carboxylic acids is 2. The standard InChI is InChI=1S/C20H27BF2O5/c1-13(2)6-5-9-27-19(25)17-8-4-7-14-10-15(21(26)28-18(14)17)11-16(24)12-20(3,22)23/h4,7-8,13,15,26H,5-6,9-12H2,1-3H3/t15-/m1/s1. The Balaban J connectivity index is 2.03. The summed E-state index contributed by atoms with van der Waals surface area (Å²) in [7, 11) is -1.35. The molecule has 0 spiro atoms. The van der Waals surface area contributed by atoms with Crippen LogP contribution < -0.4 is 4.65 Å². The van der Waals surface area contributed by atoms with Gasteiger partial charge in [0.05, 0.1) is 13.0 Å². The summed E-state index contributed by atoms with van der Waals surface area (Å²) in [5, 5.41) is 10.2. The summed E-state index contributed by atoms with van der Waals surface area (Å²) in [6, 6.07) is 4.95. The Morgan fingerprint density at radius 1 is 1.39 bits per heavy atom. The summed E-state index contributed by atoms with van der Waals surface area (Å²) in [5.74, 6) is -4.14. The molecule has 2 rings (SSSR count). The third-order valence-electron chi connectivity index (χ3n) is 4.60. The first-order chi connectivity index (χ1) is 13.1. The molecule has 154 valence electrons. The molecule has 0 saturated carbocycles. The summed E-state index contributed by atoms with van der Waals surface area (Å²) in [6.07, 6.45) is 0.877. The lowest BCUT2D eigenvalue weighted by Crippen LogP contribution is -2.36. The molecule has 1 atom stereocenters. The molecule has 28 heavy (non-hydrogen) atoms. The molecule has 1 N–H and O–H groups in total. The summed E-state index contributed by atoms with van der Waals surface area (Å²) in [6.45, 7) is 5.17. The lowest BCUT2D eigenvalue weighted by Gasteiger charge is -2.28. The van der Waals surface area contributed by atoms with Crippen molar-refractivity contribution >= 4 is 18.9 Å². The molecule has 5 nitrogen and oxygen atoms in total. The normalized spacial score (nSPS) is 16.5. The molecule has 0 amide bonds. The summed E-state index contributed by atoms with van der Waals surface area (Å²) in [4.78, 5) is 24.2. The van der Waals surface area contributed by atoms with Crippen LogP contribution in [-0.4, -0.2) is 36.4 Å². The van der Waals surface area contributed by atoms with Crippen molar-refractivity contribution in [2.75, 3.05) is 6.61 Å². The Kier molecular flexibility index (Phi) is 7.58. The van der Waals surface area contributed by atoms with Gasteiger partial charge in [0.1, 0.15) is 17.1 Å². The molecular weight excluding hydrogens is 369 g/mol. The largest absolute Gasteiger partial charge is 0.535 e. The Labute approximate surface area is 164 Å². The van der Waals surface area contributed by atoms with Crippen LogP contribution in [0.2, 0.25) is 5.82 Å². The molecule has 0 fully saturated rings. The first-order valence-corrected chi connectivity index (χ1v) is 9.60. The van der Waals surface area contributed by atoms with Gasteiger partial charge < -0.3 is 14.4 Å². The summed E-state index contributed by atoms with van der Waals surface area (Å²) in [5.41, 5.74) is 0.856. The number of halogens is 2. The zero-order chi connectivity index (χ0) is 20.9. The molecule has 0 aliphatic carbocycles. The van der Waals surface area contributed by atoms with Crippen molar-refractivity contribution in [3.63, 3.8) is 0 Å². The molecule has 0 radical (unpaired) electrons. The fourth-order valence-corrected chi connectivity index (χ4v) is 3.26. The van der Waals surface area contributed by atoms with E-state index in [1.165, 1.54) is 0 Å². The third-order valence-corrected chi connectivity index (χ3v) is 4.60. The second-order valence-corrected chi connectivity index (χ2v) is 7.93. The van der Waals surface area contributed by atoms with E-state index in [9.17, 15) is 23.4 Å². The summed E-state index contributed by atoms with van der Waals surface area (Å²) < 4.78 is 36.8. The molecule has 0 bridgehead atoms. The molecule has 0 aromatic heterocycles. The van der Waals surface area contributed by atoms with Crippen molar-refractivity contribution in [1.82, 2.24) is 0 Å². The van der Waals surface area contributed by atoms with Gasteiger partial charge in [-0.1, -0.05) is 26.0 Å². The first kappa shape index (κ1) is 22.3. The SMILES string of the molecule is CC(C)CCCOC(=O)c1cccc2c1OB(O)[C@@H](CC(=O)CC(C)(F)F)C2. The van der Waals surface area contributed by atoms with Crippen LogP contribution in [0, 0.1) is 5.92 Å². The zero-order valence-electron chi connectivity index (χ0n) is 16.5. The average molecular weight is 396 g/mol. The maximum Gasteiger partial charge on any atom is 0.526 e. The van der Waals surface area contributed by atoms with Gasteiger partial charge in [-0.15, -0.1) is 0 Å². The monoisotopic (exact) mass is 396 g/mol. The van der Waals surface area contributed by atoms with Crippen LogP contribution in [0.25, 0.3) is 0 Å². The van der Waals surface area contributed by atoms with Gasteiger partial charge in [-0.2, -0.15) is 0 Å². The van der Waals surface area contributed by atoms with E-state index >= 15 is 0 Å². The Hall–Kier alpha value is -1.96. The second kappa shape index (κ2) is 9.50. The minimum Gasteiger partial charge on any atom is -0.535 e. The molecule has 1 aliphatic heterocycles. The Morgan fingerprint density at radius 3 is 2.75 bits per heavy atom. The van der Waals surface area contributed by atoms with Gasteiger partial charge in [0.2, 0.25) is 0 Å². The van der Waals surface area contributed by atoms with E-state index in [1.807, 2.05) is 0 Å². The van der Waals surface area contributed by atoms with Crippen molar-refractivity contribution in [2.24, 2.45) is 5.92 Å². The number of hydrogen-bond acceptors (Lipinski definition) is 5. The minimum atomic E-state index is -3.08. The highest BCUT2D eigenvalue weighted by Gasteiger charge is 2.39. The minimum absolute atomic E-state index is 0.214. The molecular formula is C20H27BF2O5. The van der Waals surface area contributed by atoms with E-state index in [2.05, 4.69) is 13.8 Å². The molecule has 0 saturated heterocycles. The van der Waals surface area contributed by atoms with Crippen molar-refractivity contribution in [1.29, 1.82) is 0 Å². The fraction of sp³-hybridized carbons (Fsp3) is 0.600. The van der Waals surface area contributed by atoms with Crippen molar-refractivity contribution in [3.05, 3.63) is 29.3 Å². The van der Waals surface area contributed by atoms with Crippen LogP contribution in [0.1, 0.15) is 62.4 Å². The van der Waals surface area contributed by atoms with E-state index in [0.29, 0.717) is 25.0 Å². The predicted octanol–water partition coefficient (Wildman–Crippen LogP) is 4.07. The van der Waals surface area contributed by atoms with E-state index in [0.717, 1.165) is 12.8 Å².